The average Bonchev–Trinajstić information content (AvgIpc) is 2.01. The van der Waals surface area contributed by atoms with Crippen LogP contribution in [0.4, 0.5) is 0 Å². The molecular weight excluding hydrogens is 168 g/mol. The molecule has 14 heavy (non-hydrogen) atoms. The van der Waals surface area contributed by atoms with Crippen LogP contribution in [0, 0.1) is 5.41 Å². The van der Waals surface area contributed by atoms with Gasteiger partial charge in [-0.2, -0.15) is 0 Å². The normalized spacial score (nSPS) is 12.1. The summed E-state index contributed by atoms with van der Waals surface area (Å²) in [6.07, 6.45) is 1.16. The van der Waals surface area contributed by atoms with Crippen molar-refractivity contribution >= 4 is 0 Å². The van der Waals surface area contributed by atoms with Crippen LogP contribution in [0.1, 0.15) is 51.7 Å². The Balaban J connectivity index is 2.84. The first kappa shape index (κ1) is 11.3. The van der Waals surface area contributed by atoms with Crippen LogP contribution in [0.5, 0.6) is 0 Å². The summed E-state index contributed by atoms with van der Waals surface area (Å²) in [5, 5.41) is 0. The molecule has 0 saturated carbocycles. The Morgan fingerprint density at radius 1 is 1.14 bits per heavy atom. The maximum atomic E-state index is 2.34. The summed E-state index contributed by atoms with van der Waals surface area (Å²) in [4.78, 5) is 0. The van der Waals surface area contributed by atoms with Crippen LogP contribution in [0.15, 0.2) is 24.3 Å². The van der Waals surface area contributed by atoms with E-state index in [2.05, 4.69) is 58.9 Å². The molecule has 0 fully saturated rings. The predicted octanol–water partition coefficient (Wildman–Crippen LogP) is 4.40. The molecule has 0 unspecified atom stereocenters. The highest BCUT2D eigenvalue weighted by Gasteiger charge is 2.11. The molecule has 0 nitrogen and oxygen atoms in total. The van der Waals surface area contributed by atoms with E-state index in [9.17, 15) is 0 Å². The molecule has 1 aromatic carbocycles. The first-order valence-electron chi connectivity index (χ1n) is 5.47. The molecule has 1 aromatic rings. The highest BCUT2D eigenvalue weighted by atomic mass is 14.2. The average molecular weight is 190 g/mol. The fraction of sp³-hybridized carbons (Fsp3) is 0.571. The fourth-order valence-electron chi connectivity index (χ4n) is 1.67. The number of rotatable bonds is 2. The predicted molar refractivity (Wildman–Crippen MR) is 63.7 cm³/mol. The zero-order chi connectivity index (χ0) is 10.8. The van der Waals surface area contributed by atoms with E-state index >= 15 is 0 Å². The quantitative estimate of drug-likeness (QED) is 0.648. The molecule has 0 atom stereocenters. The van der Waals surface area contributed by atoms with Crippen LogP contribution in [0.25, 0.3) is 0 Å². The topological polar surface area (TPSA) is 0 Å². The molecule has 78 valence electrons. The minimum atomic E-state index is 0.385. The molecule has 0 aliphatic carbocycles. The van der Waals surface area contributed by atoms with Gasteiger partial charge in [0.25, 0.3) is 0 Å². The fourth-order valence-corrected chi connectivity index (χ4v) is 1.67. The number of benzene rings is 1. The zero-order valence-electron chi connectivity index (χ0n) is 10.1. The van der Waals surface area contributed by atoms with Crippen LogP contribution in [-0.4, -0.2) is 0 Å². The van der Waals surface area contributed by atoms with Crippen molar-refractivity contribution < 1.29 is 0 Å². The SMILES string of the molecule is CC(C)c1cccc(CC(C)(C)C)c1. The molecule has 0 spiro atoms. The van der Waals surface area contributed by atoms with Crippen molar-refractivity contribution in [2.75, 3.05) is 0 Å². The summed E-state index contributed by atoms with van der Waals surface area (Å²) in [5.41, 5.74) is 3.30. The van der Waals surface area contributed by atoms with Gasteiger partial charge in [-0.25, -0.2) is 0 Å². The monoisotopic (exact) mass is 190 g/mol. The van der Waals surface area contributed by atoms with E-state index in [4.69, 9.17) is 0 Å². The molecular formula is C14H22. The van der Waals surface area contributed by atoms with Gasteiger partial charge in [-0.3, -0.25) is 0 Å². The first-order valence-corrected chi connectivity index (χ1v) is 5.47. The lowest BCUT2D eigenvalue weighted by atomic mass is 9.87. The lowest BCUT2D eigenvalue weighted by molar-refractivity contribution is 0.411. The molecule has 0 heterocycles. The Kier molecular flexibility index (Phi) is 3.36. The molecule has 1 rings (SSSR count). The summed E-state index contributed by atoms with van der Waals surface area (Å²) in [5.74, 6) is 0.634. The number of hydrogen-bond acceptors (Lipinski definition) is 0. The largest absolute Gasteiger partial charge is 0.0617 e. The highest BCUT2D eigenvalue weighted by molar-refractivity contribution is 5.26. The van der Waals surface area contributed by atoms with Crippen LogP contribution in [0.3, 0.4) is 0 Å². The smallest absolute Gasteiger partial charge is 0.0219 e. The van der Waals surface area contributed by atoms with Crippen molar-refractivity contribution in [3.8, 4) is 0 Å². The van der Waals surface area contributed by atoms with Gasteiger partial charge in [0, 0.05) is 0 Å². The first-order chi connectivity index (χ1) is 6.38. The van der Waals surface area contributed by atoms with Crippen molar-refractivity contribution in [2.24, 2.45) is 5.41 Å². The van der Waals surface area contributed by atoms with E-state index in [0.29, 0.717) is 11.3 Å². The molecule has 0 aliphatic heterocycles. The minimum Gasteiger partial charge on any atom is -0.0617 e. The van der Waals surface area contributed by atoms with E-state index in [1.165, 1.54) is 11.1 Å². The minimum absolute atomic E-state index is 0.385. The summed E-state index contributed by atoms with van der Waals surface area (Å²) in [6, 6.07) is 8.97. The van der Waals surface area contributed by atoms with Gasteiger partial charge >= 0.3 is 0 Å². The van der Waals surface area contributed by atoms with E-state index in [0.717, 1.165) is 6.42 Å². The van der Waals surface area contributed by atoms with Gasteiger partial charge in [0.15, 0.2) is 0 Å². The molecule has 0 aromatic heterocycles. The van der Waals surface area contributed by atoms with Gasteiger partial charge < -0.3 is 0 Å². The maximum Gasteiger partial charge on any atom is -0.0219 e. The third kappa shape index (κ3) is 3.53. The Morgan fingerprint density at radius 2 is 1.79 bits per heavy atom. The van der Waals surface area contributed by atoms with E-state index in [1.807, 2.05) is 0 Å². The van der Waals surface area contributed by atoms with Crippen LogP contribution < -0.4 is 0 Å². The summed E-state index contributed by atoms with van der Waals surface area (Å²) >= 11 is 0. The van der Waals surface area contributed by atoms with Gasteiger partial charge in [0.2, 0.25) is 0 Å². The van der Waals surface area contributed by atoms with Gasteiger partial charge in [-0.1, -0.05) is 58.9 Å². The summed E-state index contributed by atoms with van der Waals surface area (Å²) in [7, 11) is 0. The molecule has 0 amide bonds. The lowest BCUT2D eigenvalue weighted by Gasteiger charge is -2.19. The van der Waals surface area contributed by atoms with E-state index < -0.39 is 0 Å². The summed E-state index contributed by atoms with van der Waals surface area (Å²) < 4.78 is 0. The van der Waals surface area contributed by atoms with Gasteiger partial charge in [-0.15, -0.1) is 0 Å². The Bertz CT molecular complexity index is 289. The molecule has 0 N–H and O–H groups in total. The highest BCUT2D eigenvalue weighted by Crippen LogP contribution is 2.23. The third-order valence-corrected chi connectivity index (χ3v) is 2.35. The molecule has 0 saturated heterocycles. The van der Waals surface area contributed by atoms with E-state index in [-0.39, 0.29) is 0 Å². The van der Waals surface area contributed by atoms with Crippen LogP contribution in [0.2, 0.25) is 0 Å². The molecule has 0 bridgehead atoms. The molecule has 0 aliphatic rings. The van der Waals surface area contributed by atoms with E-state index in [1.54, 1.807) is 0 Å². The van der Waals surface area contributed by atoms with Gasteiger partial charge in [-0.05, 0) is 28.9 Å². The number of hydrogen-bond donors (Lipinski definition) is 0. The Labute approximate surface area is 88.4 Å². The van der Waals surface area contributed by atoms with Crippen LogP contribution >= 0.6 is 0 Å². The Hall–Kier alpha value is -0.780. The third-order valence-electron chi connectivity index (χ3n) is 2.35. The molecule has 0 heteroatoms. The van der Waals surface area contributed by atoms with Crippen molar-refractivity contribution in [3.05, 3.63) is 35.4 Å². The van der Waals surface area contributed by atoms with Crippen molar-refractivity contribution in [1.82, 2.24) is 0 Å². The summed E-state index contributed by atoms with van der Waals surface area (Å²) in [6.45, 7) is 11.4. The van der Waals surface area contributed by atoms with Crippen LogP contribution in [-0.2, 0) is 6.42 Å². The van der Waals surface area contributed by atoms with Crippen molar-refractivity contribution in [2.45, 2.75) is 47.0 Å². The zero-order valence-corrected chi connectivity index (χ0v) is 10.1. The maximum absolute atomic E-state index is 2.34. The Morgan fingerprint density at radius 3 is 2.29 bits per heavy atom. The lowest BCUT2D eigenvalue weighted by Crippen LogP contribution is -2.09. The second-order valence-corrected chi connectivity index (χ2v) is 5.64. The van der Waals surface area contributed by atoms with Gasteiger partial charge in [0.05, 0.1) is 0 Å². The van der Waals surface area contributed by atoms with Crippen molar-refractivity contribution in [1.29, 1.82) is 0 Å². The second kappa shape index (κ2) is 4.16. The molecule has 0 radical (unpaired) electrons. The van der Waals surface area contributed by atoms with Gasteiger partial charge in [0.1, 0.15) is 0 Å². The second-order valence-electron chi connectivity index (χ2n) is 5.64. The standard InChI is InChI=1S/C14H22/c1-11(2)13-8-6-7-12(9-13)10-14(3,4)5/h6-9,11H,10H2,1-5H3. The van der Waals surface area contributed by atoms with Crippen molar-refractivity contribution in [3.63, 3.8) is 0 Å².